The minimum atomic E-state index is -0.640. The van der Waals surface area contributed by atoms with Gasteiger partial charge in [0.05, 0.1) is 5.76 Å². The maximum atomic E-state index is 10.2. The van der Waals surface area contributed by atoms with E-state index in [1.807, 2.05) is 0 Å². The molecule has 3 saturated carbocycles. The summed E-state index contributed by atoms with van der Waals surface area (Å²) in [5, 5.41) is 10.2. The molecule has 0 aromatic heterocycles. The van der Waals surface area contributed by atoms with Gasteiger partial charge in [-0.05, 0) is 43.1 Å². The van der Waals surface area contributed by atoms with Crippen molar-refractivity contribution in [1.29, 1.82) is 0 Å². The van der Waals surface area contributed by atoms with E-state index in [0.717, 1.165) is 17.3 Å². The lowest BCUT2D eigenvalue weighted by Gasteiger charge is -2.52. The zero-order chi connectivity index (χ0) is 13.8. The summed E-state index contributed by atoms with van der Waals surface area (Å²) >= 11 is 0. The van der Waals surface area contributed by atoms with Crippen LogP contribution in [0.3, 0.4) is 0 Å². The van der Waals surface area contributed by atoms with E-state index >= 15 is 0 Å². The van der Waals surface area contributed by atoms with Gasteiger partial charge in [0.25, 0.3) is 0 Å². The first-order valence-corrected chi connectivity index (χ1v) is 7.70. The van der Waals surface area contributed by atoms with E-state index in [9.17, 15) is 5.11 Å². The summed E-state index contributed by atoms with van der Waals surface area (Å²) in [6.07, 6.45) is 2.69. The molecule has 9 unspecified atom stereocenters. The van der Waals surface area contributed by atoms with Crippen molar-refractivity contribution >= 4 is 0 Å². The fourth-order valence-corrected chi connectivity index (χ4v) is 6.37. The standard InChI is InChI=1S/C17H20O3/c1-4-10-16-12(7(3)19-10)13-9-5-8(14(13)16)11-6(2)20-17(18)15(9)11/h4,8-9,11-18H,2-3,5H2,1H3/b10-4-. The van der Waals surface area contributed by atoms with E-state index in [-0.39, 0.29) is 5.92 Å². The van der Waals surface area contributed by atoms with Crippen molar-refractivity contribution in [2.24, 2.45) is 47.3 Å². The smallest absolute Gasteiger partial charge is 0.200 e. The summed E-state index contributed by atoms with van der Waals surface area (Å²) in [5.41, 5.74) is 0. The highest BCUT2D eigenvalue weighted by molar-refractivity contribution is 5.33. The molecule has 0 aromatic rings. The van der Waals surface area contributed by atoms with Gasteiger partial charge in [0, 0.05) is 23.7 Å². The van der Waals surface area contributed by atoms with Gasteiger partial charge in [-0.1, -0.05) is 13.2 Å². The van der Waals surface area contributed by atoms with Crippen LogP contribution in [-0.4, -0.2) is 11.4 Å². The molecule has 2 saturated heterocycles. The zero-order valence-corrected chi connectivity index (χ0v) is 11.7. The molecule has 3 heteroatoms. The monoisotopic (exact) mass is 272 g/mol. The average molecular weight is 272 g/mol. The third-order valence-electron chi connectivity index (χ3n) is 6.77. The Morgan fingerprint density at radius 3 is 2.55 bits per heavy atom. The summed E-state index contributed by atoms with van der Waals surface area (Å²) < 4.78 is 11.4. The van der Waals surface area contributed by atoms with Gasteiger partial charge in [-0.25, -0.2) is 0 Å². The fraction of sp³-hybridized carbons (Fsp3) is 0.647. The number of hydrogen-bond acceptors (Lipinski definition) is 3. The molecule has 2 heterocycles. The quantitative estimate of drug-likeness (QED) is 0.689. The van der Waals surface area contributed by atoms with Gasteiger partial charge in [0.2, 0.25) is 6.29 Å². The Hall–Kier alpha value is -1.22. The van der Waals surface area contributed by atoms with Gasteiger partial charge in [0.1, 0.15) is 11.5 Å². The van der Waals surface area contributed by atoms with Crippen molar-refractivity contribution in [2.45, 2.75) is 19.6 Å². The van der Waals surface area contributed by atoms with Crippen LogP contribution in [0.1, 0.15) is 13.3 Å². The van der Waals surface area contributed by atoms with E-state index in [0.29, 0.717) is 41.4 Å². The van der Waals surface area contributed by atoms with Crippen LogP contribution in [0.5, 0.6) is 0 Å². The number of aliphatic hydroxyl groups is 1. The molecule has 1 N–H and O–H groups in total. The Bertz CT molecular complexity index is 561. The van der Waals surface area contributed by atoms with Gasteiger partial charge in [-0.2, -0.15) is 0 Å². The minimum absolute atomic E-state index is 0.261. The summed E-state index contributed by atoms with van der Waals surface area (Å²) in [7, 11) is 0. The number of rotatable bonds is 0. The lowest BCUT2D eigenvalue weighted by atomic mass is 9.48. The number of aliphatic hydroxyl groups excluding tert-OH is 1. The molecule has 0 spiro atoms. The van der Waals surface area contributed by atoms with Crippen LogP contribution in [0, 0.1) is 47.3 Å². The minimum Gasteiger partial charge on any atom is -0.469 e. The van der Waals surface area contributed by atoms with E-state index in [1.165, 1.54) is 6.42 Å². The summed E-state index contributed by atoms with van der Waals surface area (Å²) in [6, 6.07) is 0. The van der Waals surface area contributed by atoms with E-state index in [2.05, 4.69) is 26.2 Å². The summed E-state index contributed by atoms with van der Waals surface area (Å²) in [4.78, 5) is 0. The van der Waals surface area contributed by atoms with Crippen LogP contribution in [0.4, 0.5) is 0 Å². The number of fused-ring (bicyclic) bond motifs is 11. The second kappa shape index (κ2) is 3.33. The molecule has 5 aliphatic rings. The molecule has 2 aliphatic heterocycles. The molecule has 3 aliphatic carbocycles. The molecular weight excluding hydrogens is 252 g/mol. The molecule has 3 nitrogen and oxygen atoms in total. The van der Waals surface area contributed by atoms with Crippen molar-refractivity contribution in [3.05, 3.63) is 36.5 Å². The Morgan fingerprint density at radius 1 is 1.05 bits per heavy atom. The number of ether oxygens (including phenoxy) is 2. The zero-order valence-electron chi connectivity index (χ0n) is 11.7. The van der Waals surface area contributed by atoms with Gasteiger partial charge >= 0.3 is 0 Å². The first-order valence-electron chi connectivity index (χ1n) is 7.70. The van der Waals surface area contributed by atoms with Crippen LogP contribution < -0.4 is 0 Å². The summed E-state index contributed by atoms with van der Waals surface area (Å²) in [5.74, 6) is 7.01. The highest BCUT2D eigenvalue weighted by atomic mass is 16.6. The van der Waals surface area contributed by atoms with E-state index in [4.69, 9.17) is 9.47 Å². The molecule has 0 radical (unpaired) electrons. The lowest BCUT2D eigenvalue weighted by Crippen LogP contribution is -2.52. The normalized spacial score (nSPS) is 59.9. The van der Waals surface area contributed by atoms with Crippen LogP contribution in [0.25, 0.3) is 0 Å². The van der Waals surface area contributed by atoms with Gasteiger partial charge in [0.15, 0.2) is 0 Å². The van der Waals surface area contributed by atoms with Crippen LogP contribution in [0.15, 0.2) is 36.5 Å². The first kappa shape index (κ1) is 11.4. The van der Waals surface area contributed by atoms with Crippen LogP contribution in [0.2, 0.25) is 0 Å². The average Bonchev–Trinajstić information content (AvgIpc) is 3.03. The molecule has 9 atom stereocenters. The molecule has 106 valence electrons. The number of hydrogen-bond donors (Lipinski definition) is 1. The van der Waals surface area contributed by atoms with Gasteiger partial charge < -0.3 is 14.6 Å². The Morgan fingerprint density at radius 2 is 1.80 bits per heavy atom. The maximum absolute atomic E-state index is 10.2. The second-order valence-electron chi connectivity index (χ2n) is 7.11. The predicted molar refractivity (Wildman–Crippen MR) is 72.8 cm³/mol. The van der Waals surface area contributed by atoms with Crippen LogP contribution >= 0.6 is 0 Å². The first-order chi connectivity index (χ1) is 9.63. The highest BCUT2D eigenvalue weighted by Crippen LogP contribution is 2.76. The second-order valence-corrected chi connectivity index (χ2v) is 7.11. The molecule has 5 fully saturated rings. The number of allylic oxidation sites excluding steroid dienone is 4. The van der Waals surface area contributed by atoms with Gasteiger partial charge in [-0.15, -0.1) is 0 Å². The van der Waals surface area contributed by atoms with Gasteiger partial charge in [-0.3, -0.25) is 0 Å². The summed E-state index contributed by atoms with van der Waals surface area (Å²) in [6.45, 7) is 10.2. The maximum Gasteiger partial charge on any atom is 0.200 e. The third-order valence-corrected chi connectivity index (χ3v) is 6.77. The molecule has 0 amide bonds. The Kier molecular flexibility index (Phi) is 1.90. The SMILES string of the molecule is C=C1OC(O)C2C3CC(C12)C1C2/C(=C/C)OC(=C)C2C31. The van der Waals surface area contributed by atoms with Crippen molar-refractivity contribution in [3.63, 3.8) is 0 Å². The van der Waals surface area contributed by atoms with Crippen molar-refractivity contribution in [2.75, 3.05) is 0 Å². The predicted octanol–water partition coefficient (Wildman–Crippen LogP) is 2.66. The third kappa shape index (κ3) is 0.996. The lowest BCUT2D eigenvalue weighted by molar-refractivity contribution is -0.108. The molecular formula is C17H20O3. The van der Waals surface area contributed by atoms with E-state index < -0.39 is 6.29 Å². The van der Waals surface area contributed by atoms with E-state index in [1.54, 1.807) is 0 Å². The highest BCUT2D eigenvalue weighted by Gasteiger charge is 2.74. The molecule has 0 aromatic carbocycles. The fourth-order valence-electron chi connectivity index (χ4n) is 6.37. The van der Waals surface area contributed by atoms with Crippen molar-refractivity contribution in [3.8, 4) is 0 Å². The van der Waals surface area contributed by atoms with Crippen molar-refractivity contribution < 1.29 is 14.6 Å². The largest absolute Gasteiger partial charge is 0.469 e. The topological polar surface area (TPSA) is 38.7 Å². The molecule has 20 heavy (non-hydrogen) atoms. The molecule has 2 bridgehead atoms. The Labute approximate surface area is 119 Å². The molecule has 5 rings (SSSR count). The van der Waals surface area contributed by atoms with Crippen molar-refractivity contribution in [1.82, 2.24) is 0 Å². The Balaban J connectivity index is 1.56. The van der Waals surface area contributed by atoms with Crippen LogP contribution in [-0.2, 0) is 9.47 Å².